The van der Waals surface area contributed by atoms with E-state index in [1.54, 1.807) is 6.92 Å². The van der Waals surface area contributed by atoms with Gasteiger partial charge in [0.05, 0.1) is 6.10 Å². The van der Waals surface area contributed by atoms with Crippen LogP contribution in [0.3, 0.4) is 0 Å². The van der Waals surface area contributed by atoms with Crippen LogP contribution in [0.4, 0.5) is 5.13 Å². The molecular weight excluding hydrogens is 278 g/mol. The molecule has 0 unspecified atom stereocenters. The van der Waals surface area contributed by atoms with Gasteiger partial charge >= 0.3 is 0 Å². The third-order valence-electron chi connectivity index (χ3n) is 3.30. The number of aliphatic hydroxyl groups excluding tert-OH is 1. The Labute approximate surface area is 120 Å². The maximum atomic E-state index is 9.94. The summed E-state index contributed by atoms with van der Waals surface area (Å²) < 4.78 is 9.60. The van der Waals surface area contributed by atoms with E-state index in [2.05, 4.69) is 33.3 Å². The van der Waals surface area contributed by atoms with E-state index in [0.29, 0.717) is 24.7 Å². The summed E-state index contributed by atoms with van der Waals surface area (Å²) in [4.78, 5) is 10.8. The quantitative estimate of drug-likeness (QED) is 0.921. The second-order valence-electron chi connectivity index (χ2n) is 5.33. The lowest BCUT2D eigenvalue weighted by molar-refractivity contribution is 0.191. The molecule has 108 valence electrons. The first-order chi connectivity index (χ1) is 9.54. The topological polar surface area (TPSA) is 88.2 Å². The van der Waals surface area contributed by atoms with Crippen LogP contribution >= 0.6 is 11.5 Å². The average Bonchev–Trinajstić information content (AvgIpc) is 3.06. The van der Waals surface area contributed by atoms with Gasteiger partial charge < -0.3 is 14.5 Å². The lowest BCUT2D eigenvalue weighted by Gasteiger charge is -2.19. The molecule has 1 N–H and O–H groups in total. The highest BCUT2D eigenvalue weighted by molar-refractivity contribution is 7.09. The molecule has 1 aliphatic heterocycles. The average molecular weight is 295 g/mol. The van der Waals surface area contributed by atoms with E-state index in [0.717, 1.165) is 11.0 Å². The SMILES string of the molecule is Cc1noc([C@H]2C[C@@H](O)CN2c2nc(C(C)C)ns2)n1. The first-order valence-corrected chi connectivity index (χ1v) is 7.40. The van der Waals surface area contributed by atoms with Crippen molar-refractivity contribution < 1.29 is 9.63 Å². The molecule has 0 radical (unpaired) electrons. The van der Waals surface area contributed by atoms with Gasteiger partial charge in [0.1, 0.15) is 11.9 Å². The molecule has 2 aromatic heterocycles. The van der Waals surface area contributed by atoms with E-state index in [1.165, 1.54) is 11.5 Å². The Kier molecular flexibility index (Phi) is 3.43. The summed E-state index contributed by atoms with van der Waals surface area (Å²) in [5.41, 5.74) is 0. The van der Waals surface area contributed by atoms with Gasteiger partial charge in [-0.1, -0.05) is 19.0 Å². The third kappa shape index (κ3) is 2.40. The Morgan fingerprint density at radius 3 is 2.80 bits per heavy atom. The fraction of sp³-hybridized carbons (Fsp3) is 0.667. The molecular formula is C12H17N5O2S. The maximum absolute atomic E-state index is 9.94. The van der Waals surface area contributed by atoms with Crippen LogP contribution in [0, 0.1) is 6.92 Å². The largest absolute Gasteiger partial charge is 0.391 e. The molecule has 0 amide bonds. The van der Waals surface area contributed by atoms with Crippen LogP contribution in [0.25, 0.3) is 0 Å². The van der Waals surface area contributed by atoms with Crippen LogP contribution in [-0.2, 0) is 0 Å². The Bertz CT molecular complexity index is 596. The number of aryl methyl sites for hydroxylation is 1. The molecule has 0 saturated carbocycles. The molecule has 20 heavy (non-hydrogen) atoms. The summed E-state index contributed by atoms with van der Waals surface area (Å²) in [6.45, 7) is 6.41. The van der Waals surface area contributed by atoms with E-state index in [-0.39, 0.29) is 12.0 Å². The van der Waals surface area contributed by atoms with Crippen LogP contribution in [0.15, 0.2) is 4.52 Å². The van der Waals surface area contributed by atoms with Gasteiger partial charge in [0.15, 0.2) is 5.82 Å². The van der Waals surface area contributed by atoms with Crippen molar-refractivity contribution in [2.75, 3.05) is 11.4 Å². The lowest BCUT2D eigenvalue weighted by Crippen LogP contribution is -2.24. The molecule has 0 bridgehead atoms. The number of aromatic nitrogens is 4. The fourth-order valence-corrected chi connectivity index (χ4v) is 3.15. The zero-order chi connectivity index (χ0) is 14.3. The van der Waals surface area contributed by atoms with E-state index in [9.17, 15) is 5.11 Å². The number of hydrogen-bond donors (Lipinski definition) is 1. The van der Waals surface area contributed by atoms with Crippen LogP contribution in [0.1, 0.15) is 49.8 Å². The molecule has 0 aliphatic carbocycles. The minimum Gasteiger partial charge on any atom is -0.391 e. The highest BCUT2D eigenvalue weighted by Gasteiger charge is 2.37. The second-order valence-corrected chi connectivity index (χ2v) is 6.06. The molecule has 0 spiro atoms. The van der Waals surface area contributed by atoms with Crippen molar-refractivity contribution in [3.05, 3.63) is 17.5 Å². The van der Waals surface area contributed by atoms with Gasteiger partial charge in [-0.15, -0.1) is 0 Å². The monoisotopic (exact) mass is 295 g/mol. The minimum atomic E-state index is -0.418. The zero-order valence-corrected chi connectivity index (χ0v) is 12.5. The number of anilines is 1. The highest BCUT2D eigenvalue weighted by atomic mass is 32.1. The summed E-state index contributed by atoms with van der Waals surface area (Å²) in [7, 11) is 0. The Balaban J connectivity index is 1.89. The summed E-state index contributed by atoms with van der Waals surface area (Å²) in [6, 6.07) is -0.126. The van der Waals surface area contributed by atoms with Crippen LogP contribution < -0.4 is 4.90 Å². The standard InChI is InChI=1S/C12H17N5O2S/c1-6(2)10-14-12(20-16-10)17-5-8(18)4-9(17)11-13-7(3)15-19-11/h6,8-9,18H,4-5H2,1-3H3/t8-,9-/m1/s1. The van der Waals surface area contributed by atoms with Crippen molar-refractivity contribution in [1.29, 1.82) is 0 Å². The normalized spacial score (nSPS) is 22.9. The summed E-state index contributed by atoms with van der Waals surface area (Å²) in [6.07, 6.45) is 0.150. The smallest absolute Gasteiger partial charge is 0.249 e. The van der Waals surface area contributed by atoms with Gasteiger partial charge in [0, 0.05) is 30.4 Å². The lowest BCUT2D eigenvalue weighted by atomic mass is 10.2. The summed E-state index contributed by atoms with van der Waals surface area (Å²) in [5, 5.41) is 14.6. The highest BCUT2D eigenvalue weighted by Crippen LogP contribution is 2.36. The predicted octanol–water partition coefficient (Wildman–Crippen LogP) is 1.67. The zero-order valence-electron chi connectivity index (χ0n) is 11.6. The van der Waals surface area contributed by atoms with Crippen LogP contribution in [0.5, 0.6) is 0 Å². The van der Waals surface area contributed by atoms with E-state index < -0.39 is 6.10 Å². The molecule has 0 aromatic carbocycles. The van der Waals surface area contributed by atoms with Crippen LogP contribution in [0.2, 0.25) is 0 Å². The van der Waals surface area contributed by atoms with Gasteiger partial charge in [-0.3, -0.25) is 0 Å². The first-order valence-electron chi connectivity index (χ1n) is 6.63. The number of nitrogens with zero attached hydrogens (tertiary/aromatic N) is 5. The third-order valence-corrected chi connectivity index (χ3v) is 4.07. The molecule has 1 aliphatic rings. The van der Waals surface area contributed by atoms with E-state index >= 15 is 0 Å². The molecule has 2 aromatic rings. The van der Waals surface area contributed by atoms with Gasteiger partial charge in [-0.2, -0.15) is 9.36 Å². The Hall–Kier alpha value is -1.54. The molecule has 8 heteroatoms. The summed E-state index contributed by atoms with van der Waals surface area (Å²) in [5.74, 6) is 2.24. The van der Waals surface area contributed by atoms with Crippen molar-refractivity contribution >= 4 is 16.7 Å². The summed E-state index contributed by atoms with van der Waals surface area (Å²) >= 11 is 1.35. The van der Waals surface area contributed by atoms with Crippen molar-refractivity contribution in [2.45, 2.75) is 45.3 Å². The van der Waals surface area contributed by atoms with Crippen molar-refractivity contribution in [3.63, 3.8) is 0 Å². The van der Waals surface area contributed by atoms with Crippen LogP contribution in [-0.4, -0.2) is 37.3 Å². The number of β-amino-alcohol motifs (C(OH)–C–C–N with tert-alkyl or cyclic N) is 1. The molecule has 3 rings (SSSR count). The molecule has 2 atom stereocenters. The molecule has 7 nitrogen and oxygen atoms in total. The van der Waals surface area contributed by atoms with Crippen molar-refractivity contribution in [2.24, 2.45) is 0 Å². The molecule has 1 fully saturated rings. The maximum Gasteiger partial charge on any atom is 0.249 e. The fourth-order valence-electron chi connectivity index (χ4n) is 2.29. The van der Waals surface area contributed by atoms with Gasteiger partial charge in [-0.05, 0) is 6.92 Å². The second kappa shape index (κ2) is 5.10. The van der Waals surface area contributed by atoms with E-state index in [4.69, 9.17) is 4.52 Å². The Morgan fingerprint density at radius 2 is 2.20 bits per heavy atom. The van der Waals surface area contributed by atoms with E-state index in [1.807, 2.05) is 4.90 Å². The number of rotatable bonds is 3. The Morgan fingerprint density at radius 1 is 1.40 bits per heavy atom. The van der Waals surface area contributed by atoms with Gasteiger partial charge in [0.2, 0.25) is 11.0 Å². The van der Waals surface area contributed by atoms with Crippen molar-refractivity contribution in [1.82, 2.24) is 19.5 Å². The van der Waals surface area contributed by atoms with Gasteiger partial charge in [-0.25, -0.2) is 4.98 Å². The van der Waals surface area contributed by atoms with Gasteiger partial charge in [0.25, 0.3) is 0 Å². The van der Waals surface area contributed by atoms with Crippen molar-refractivity contribution in [3.8, 4) is 0 Å². The number of hydrogen-bond acceptors (Lipinski definition) is 8. The predicted molar refractivity (Wildman–Crippen MR) is 73.7 cm³/mol. The first kappa shape index (κ1) is 13.4. The molecule has 3 heterocycles. The number of aliphatic hydroxyl groups is 1. The minimum absolute atomic E-state index is 0.126. The molecule has 1 saturated heterocycles.